The second-order valence-electron chi connectivity index (χ2n) is 5.11. The zero-order chi connectivity index (χ0) is 13.2. The van der Waals surface area contributed by atoms with E-state index in [1.165, 1.54) is 19.3 Å². The van der Waals surface area contributed by atoms with E-state index in [1.54, 1.807) is 0 Å². The maximum absolute atomic E-state index is 5.65. The van der Waals surface area contributed by atoms with Crippen molar-refractivity contribution >= 4 is 11.5 Å². The Morgan fingerprint density at radius 3 is 2.95 bits per heavy atom. The molecule has 0 aliphatic heterocycles. The number of rotatable bonds is 5. The van der Waals surface area contributed by atoms with Gasteiger partial charge >= 0.3 is 0 Å². The molecule has 0 aromatic carbocycles. The normalized spacial score (nSPS) is 15.7. The van der Waals surface area contributed by atoms with Crippen LogP contribution in [0.1, 0.15) is 31.5 Å². The molecule has 0 spiro atoms. The highest BCUT2D eigenvalue weighted by atomic mass is 15.3. The van der Waals surface area contributed by atoms with Crippen molar-refractivity contribution in [3.05, 3.63) is 18.2 Å². The molecular formula is C13H20N6. The van der Waals surface area contributed by atoms with Gasteiger partial charge in [0.1, 0.15) is 5.82 Å². The predicted molar refractivity (Wildman–Crippen MR) is 74.2 cm³/mol. The maximum atomic E-state index is 5.65. The first-order valence-electron chi connectivity index (χ1n) is 6.94. The van der Waals surface area contributed by atoms with E-state index in [0.717, 1.165) is 30.3 Å². The number of fused-ring (bicyclic) bond motifs is 1. The van der Waals surface area contributed by atoms with E-state index in [-0.39, 0.29) is 0 Å². The summed E-state index contributed by atoms with van der Waals surface area (Å²) in [4.78, 5) is 6.90. The van der Waals surface area contributed by atoms with Crippen molar-refractivity contribution < 1.29 is 0 Å². The van der Waals surface area contributed by atoms with Crippen LogP contribution in [0.15, 0.2) is 12.4 Å². The lowest BCUT2D eigenvalue weighted by atomic mass is 9.91. The average molecular weight is 260 g/mol. The van der Waals surface area contributed by atoms with Crippen LogP contribution in [-0.4, -0.2) is 38.7 Å². The van der Waals surface area contributed by atoms with Gasteiger partial charge in [-0.25, -0.2) is 4.98 Å². The lowest BCUT2D eigenvalue weighted by Crippen LogP contribution is -2.42. The molecule has 1 aliphatic rings. The zero-order valence-corrected chi connectivity index (χ0v) is 11.3. The Morgan fingerprint density at radius 2 is 2.26 bits per heavy atom. The van der Waals surface area contributed by atoms with Gasteiger partial charge in [-0.15, -0.1) is 10.2 Å². The van der Waals surface area contributed by atoms with E-state index in [1.807, 2.05) is 23.7 Å². The summed E-state index contributed by atoms with van der Waals surface area (Å²) in [5.74, 6) is 1.84. The van der Waals surface area contributed by atoms with E-state index in [9.17, 15) is 0 Å². The summed E-state index contributed by atoms with van der Waals surface area (Å²) < 4.78 is 2.00. The van der Waals surface area contributed by atoms with Gasteiger partial charge in [0.2, 0.25) is 5.65 Å². The third kappa shape index (κ3) is 2.16. The van der Waals surface area contributed by atoms with E-state index in [4.69, 9.17) is 5.73 Å². The number of nitrogens with zero attached hydrogens (tertiary/aromatic N) is 5. The number of hydrogen-bond acceptors (Lipinski definition) is 5. The molecule has 2 heterocycles. The van der Waals surface area contributed by atoms with Gasteiger partial charge in [-0.2, -0.15) is 0 Å². The van der Waals surface area contributed by atoms with Gasteiger partial charge < -0.3 is 10.6 Å². The fourth-order valence-electron chi connectivity index (χ4n) is 2.55. The highest BCUT2D eigenvalue weighted by Gasteiger charge is 2.27. The van der Waals surface area contributed by atoms with Crippen LogP contribution in [-0.2, 0) is 0 Å². The molecule has 0 bridgehead atoms. The molecule has 0 saturated heterocycles. The quantitative estimate of drug-likeness (QED) is 0.872. The summed E-state index contributed by atoms with van der Waals surface area (Å²) in [6.07, 6.45) is 8.49. The second-order valence-corrected chi connectivity index (χ2v) is 5.11. The molecule has 6 nitrogen and oxygen atoms in total. The first-order valence-corrected chi connectivity index (χ1v) is 6.94. The Labute approximate surface area is 112 Å². The van der Waals surface area contributed by atoms with Crippen molar-refractivity contribution in [1.82, 2.24) is 19.6 Å². The molecule has 2 aromatic rings. The van der Waals surface area contributed by atoms with Crippen molar-refractivity contribution in [1.29, 1.82) is 0 Å². The van der Waals surface area contributed by atoms with Crippen molar-refractivity contribution in [3.8, 4) is 0 Å². The molecule has 1 aliphatic carbocycles. The Balaban J connectivity index is 1.98. The van der Waals surface area contributed by atoms with E-state index >= 15 is 0 Å². The lowest BCUT2D eigenvalue weighted by Gasteiger charge is -2.38. The second kappa shape index (κ2) is 5.13. The van der Waals surface area contributed by atoms with Gasteiger partial charge in [-0.1, -0.05) is 0 Å². The standard InChI is InChI=1S/C13H20N6/c1-10-16-17-13-12(15-7-9-18(10)13)19(8-3-6-14)11-4-2-5-11/h7,9,11H,2-6,8,14H2,1H3. The smallest absolute Gasteiger partial charge is 0.203 e. The van der Waals surface area contributed by atoms with Gasteiger partial charge in [0.15, 0.2) is 5.82 Å². The highest BCUT2D eigenvalue weighted by Crippen LogP contribution is 2.30. The molecule has 0 radical (unpaired) electrons. The van der Waals surface area contributed by atoms with Crippen molar-refractivity contribution in [2.45, 2.75) is 38.6 Å². The van der Waals surface area contributed by atoms with E-state index in [0.29, 0.717) is 12.6 Å². The first kappa shape index (κ1) is 12.3. The Kier molecular flexibility index (Phi) is 3.33. The minimum Gasteiger partial charge on any atom is -0.350 e. The molecule has 6 heteroatoms. The van der Waals surface area contributed by atoms with Crippen LogP contribution in [0.25, 0.3) is 5.65 Å². The monoisotopic (exact) mass is 260 g/mol. The van der Waals surface area contributed by atoms with Crippen LogP contribution in [0.4, 0.5) is 5.82 Å². The molecule has 2 aromatic heterocycles. The van der Waals surface area contributed by atoms with Crippen molar-refractivity contribution in [2.24, 2.45) is 5.73 Å². The molecule has 2 N–H and O–H groups in total. The Hall–Kier alpha value is -1.69. The number of hydrogen-bond donors (Lipinski definition) is 1. The molecule has 0 atom stereocenters. The number of nitrogens with two attached hydrogens (primary N) is 1. The molecule has 19 heavy (non-hydrogen) atoms. The molecule has 1 fully saturated rings. The molecule has 0 unspecified atom stereocenters. The first-order chi connectivity index (χ1) is 9.31. The number of anilines is 1. The molecule has 3 rings (SSSR count). The van der Waals surface area contributed by atoms with Crippen LogP contribution in [0, 0.1) is 6.92 Å². The predicted octanol–water partition coefficient (Wildman–Crippen LogP) is 1.14. The van der Waals surface area contributed by atoms with Gasteiger partial charge in [-0.3, -0.25) is 4.40 Å². The number of aryl methyl sites for hydroxylation is 1. The summed E-state index contributed by atoms with van der Waals surface area (Å²) in [6.45, 7) is 3.61. The SMILES string of the molecule is Cc1nnc2c(N(CCCN)C3CCC3)nccn12. The minimum absolute atomic E-state index is 0.585. The fraction of sp³-hybridized carbons (Fsp3) is 0.615. The van der Waals surface area contributed by atoms with Crippen molar-refractivity contribution in [3.63, 3.8) is 0 Å². The van der Waals surface area contributed by atoms with Crippen LogP contribution in [0.5, 0.6) is 0 Å². The highest BCUT2D eigenvalue weighted by molar-refractivity contribution is 5.64. The van der Waals surface area contributed by atoms with E-state index < -0.39 is 0 Å². The third-order valence-corrected chi connectivity index (χ3v) is 3.87. The summed E-state index contributed by atoms with van der Waals surface area (Å²) in [7, 11) is 0. The van der Waals surface area contributed by atoms with Crippen LogP contribution < -0.4 is 10.6 Å². The van der Waals surface area contributed by atoms with Gasteiger partial charge in [0, 0.05) is 25.0 Å². The van der Waals surface area contributed by atoms with Gasteiger partial charge in [0.05, 0.1) is 0 Å². The van der Waals surface area contributed by atoms with Crippen molar-refractivity contribution in [2.75, 3.05) is 18.0 Å². The number of aromatic nitrogens is 4. The van der Waals surface area contributed by atoms with Crippen LogP contribution in [0.2, 0.25) is 0 Å². The zero-order valence-electron chi connectivity index (χ0n) is 11.3. The molecular weight excluding hydrogens is 240 g/mol. The molecule has 0 amide bonds. The lowest BCUT2D eigenvalue weighted by molar-refractivity contribution is 0.383. The average Bonchev–Trinajstić information content (AvgIpc) is 2.74. The molecule has 102 valence electrons. The summed E-state index contributed by atoms with van der Waals surface area (Å²) in [5.41, 5.74) is 6.50. The summed E-state index contributed by atoms with van der Waals surface area (Å²) in [6, 6.07) is 0.585. The van der Waals surface area contributed by atoms with Crippen LogP contribution in [0.3, 0.4) is 0 Å². The fourth-order valence-corrected chi connectivity index (χ4v) is 2.55. The maximum Gasteiger partial charge on any atom is 0.203 e. The Bertz CT molecular complexity index is 559. The Morgan fingerprint density at radius 1 is 1.42 bits per heavy atom. The van der Waals surface area contributed by atoms with Crippen LogP contribution >= 0.6 is 0 Å². The summed E-state index contributed by atoms with van der Waals surface area (Å²) >= 11 is 0. The topological polar surface area (TPSA) is 72.3 Å². The third-order valence-electron chi connectivity index (χ3n) is 3.87. The van der Waals surface area contributed by atoms with E-state index in [2.05, 4.69) is 20.1 Å². The van der Waals surface area contributed by atoms with Gasteiger partial charge in [0.25, 0.3) is 0 Å². The summed E-state index contributed by atoms with van der Waals surface area (Å²) in [5, 5.41) is 8.41. The largest absolute Gasteiger partial charge is 0.350 e. The molecule has 1 saturated carbocycles. The van der Waals surface area contributed by atoms with Gasteiger partial charge in [-0.05, 0) is 39.2 Å². The minimum atomic E-state index is 0.585.